The van der Waals surface area contributed by atoms with Crippen LogP contribution in [0.1, 0.15) is 58.1 Å². The number of hydrogen-bond donors (Lipinski definition) is 2. The number of carboxylic acids is 1. The van der Waals surface area contributed by atoms with E-state index in [9.17, 15) is 4.79 Å². The number of aliphatic carboxylic acids is 1. The number of carbonyl (C=O) groups is 1. The molecule has 0 atom stereocenters. The van der Waals surface area contributed by atoms with Gasteiger partial charge in [-0.25, -0.2) is 0 Å². The predicted molar refractivity (Wildman–Crippen MR) is 86.1 cm³/mol. The van der Waals surface area contributed by atoms with E-state index in [0.29, 0.717) is 13.8 Å². The van der Waals surface area contributed by atoms with E-state index in [0.717, 1.165) is 31.4 Å². The van der Waals surface area contributed by atoms with Crippen LogP contribution in [-0.4, -0.2) is 45.0 Å². The third-order valence-electron chi connectivity index (χ3n) is 4.22. The first kappa shape index (κ1) is 21.8. The van der Waals surface area contributed by atoms with Crippen LogP contribution >= 0.6 is 7.92 Å². The zero-order valence-electron chi connectivity index (χ0n) is 13.6. The summed E-state index contributed by atoms with van der Waals surface area (Å²) in [5.41, 5.74) is 0.911. The molecule has 1 fully saturated rings. The minimum atomic E-state index is -0.671. The average molecular weight is 509 g/mol. The van der Waals surface area contributed by atoms with Gasteiger partial charge in [0.1, 0.15) is 0 Å². The van der Waals surface area contributed by atoms with E-state index in [1.165, 1.54) is 18.5 Å². The Morgan fingerprint density at radius 3 is 2.09 bits per heavy atom. The number of aromatic nitrogens is 3. The van der Waals surface area contributed by atoms with Gasteiger partial charge in [-0.05, 0) is 50.1 Å². The van der Waals surface area contributed by atoms with Crippen molar-refractivity contribution in [1.82, 2.24) is 15.4 Å². The molecule has 22 heavy (non-hydrogen) atoms. The van der Waals surface area contributed by atoms with Gasteiger partial charge in [0, 0.05) is 0 Å². The number of aromatic amines is 1. The molecule has 130 valence electrons. The summed E-state index contributed by atoms with van der Waals surface area (Å²) in [4.78, 5) is 10.7. The number of nitrogens with zero attached hydrogens (tertiary/aromatic N) is 2. The molecule has 2 rings (SSSR count). The molecule has 0 saturated heterocycles. The first-order chi connectivity index (χ1) is 10.1. The summed E-state index contributed by atoms with van der Waals surface area (Å²) in [5, 5.41) is 18.8. The number of hydrogen-bond acceptors (Lipinski definition) is 3. The molecule has 0 bridgehead atoms. The van der Waals surface area contributed by atoms with Gasteiger partial charge in [-0.15, -0.1) is 18.8 Å². The smallest absolute Gasteiger partial charge is 0.481 e. The van der Waals surface area contributed by atoms with Gasteiger partial charge < -0.3 is 16.4 Å². The number of nitrogens with one attached hydrogen (secondary N) is 1. The second kappa shape index (κ2) is 12.2. The van der Waals surface area contributed by atoms with Crippen molar-refractivity contribution >= 4 is 13.9 Å². The quantitative estimate of drug-likeness (QED) is 0.362. The zero-order chi connectivity index (χ0) is 15.7. The van der Waals surface area contributed by atoms with Crippen molar-refractivity contribution in [2.75, 3.05) is 18.5 Å². The van der Waals surface area contributed by atoms with Gasteiger partial charge in [-0.1, -0.05) is 20.8 Å². The molecule has 1 aromatic rings. The molecule has 1 aromatic heterocycles. The summed E-state index contributed by atoms with van der Waals surface area (Å²) >= 11 is 0. The maximum Gasteiger partial charge on any atom is 1.00 e. The molecule has 1 aliphatic carbocycles. The van der Waals surface area contributed by atoms with Gasteiger partial charge in [0.15, 0.2) is 0 Å². The Hall–Kier alpha value is -0.220. The van der Waals surface area contributed by atoms with Crippen molar-refractivity contribution in [2.24, 2.45) is 5.92 Å². The molecule has 0 unspecified atom stereocenters. The minimum absolute atomic E-state index is 0. The standard InChI is InChI=1S/C9H12N3O2.C6H15P.Au/c13-9(14)7-3-1-6(2-4-7)8-5-10-12-11-8;1-4-7(5-2)6-3;/h6-7H,1-4H2,(H,13,14)(H,10,11,12);4-6H2,1-3H3;/q-1;;+1. The van der Waals surface area contributed by atoms with Crippen molar-refractivity contribution in [2.45, 2.75) is 52.4 Å². The Labute approximate surface area is 150 Å². The Kier molecular flexibility index (Phi) is 12.1. The number of carboxylic acid groups (broad SMARTS) is 1. The molecule has 1 heterocycles. The van der Waals surface area contributed by atoms with Crippen LogP contribution in [0.5, 0.6) is 0 Å². The van der Waals surface area contributed by atoms with Crippen LogP contribution in [0.3, 0.4) is 0 Å². The van der Waals surface area contributed by atoms with Crippen LogP contribution in [0, 0.1) is 12.1 Å². The molecular formula is C15H27AuN3O2P. The maximum atomic E-state index is 10.7. The first-order valence-corrected chi connectivity index (χ1v) is 9.75. The van der Waals surface area contributed by atoms with E-state index in [2.05, 4.69) is 42.4 Å². The molecule has 1 aliphatic rings. The second-order valence-corrected chi connectivity index (χ2v) is 8.58. The van der Waals surface area contributed by atoms with Crippen LogP contribution < -0.4 is 0 Å². The minimum Gasteiger partial charge on any atom is -0.481 e. The fourth-order valence-corrected chi connectivity index (χ4v) is 4.01. The molecule has 0 aromatic carbocycles. The molecular weight excluding hydrogens is 482 g/mol. The van der Waals surface area contributed by atoms with Crippen molar-refractivity contribution < 1.29 is 32.3 Å². The molecule has 1 saturated carbocycles. The van der Waals surface area contributed by atoms with Crippen LogP contribution in [0.2, 0.25) is 0 Å². The SMILES string of the molecule is CCP(CC)CC.O=C(O)C1CCC(c2[c-]nn[nH]2)CC1.[Au+]. The first-order valence-electron chi connectivity index (χ1n) is 7.86. The summed E-state index contributed by atoms with van der Waals surface area (Å²) < 4.78 is 0. The molecule has 0 spiro atoms. The van der Waals surface area contributed by atoms with Crippen LogP contribution in [0.4, 0.5) is 0 Å². The van der Waals surface area contributed by atoms with Gasteiger partial charge in [-0.2, -0.15) is 0 Å². The van der Waals surface area contributed by atoms with Crippen LogP contribution in [0.15, 0.2) is 0 Å². The summed E-state index contributed by atoms with van der Waals surface area (Å²) in [6, 6.07) is 0. The van der Waals surface area contributed by atoms with E-state index in [4.69, 9.17) is 5.11 Å². The van der Waals surface area contributed by atoms with Crippen molar-refractivity contribution in [3.8, 4) is 0 Å². The Bertz CT molecular complexity index is 386. The predicted octanol–water partition coefficient (Wildman–Crippen LogP) is 3.49. The van der Waals surface area contributed by atoms with Gasteiger partial charge in [-0.3, -0.25) is 9.89 Å². The molecule has 7 heteroatoms. The van der Waals surface area contributed by atoms with E-state index in [1.54, 1.807) is 0 Å². The van der Waals surface area contributed by atoms with Crippen molar-refractivity contribution in [1.29, 1.82) is 0 Å². The second-order valence-electron chi connectivity index (χ2n) is 5.34. The summed E-state index contributed by atoms with van der Waals surface area (Å²) in [6.07, 6.45) is 10.3. The van der Waals surface area contributed by atoms with Gasteiger partial charge in [0.25, 0.3) is 0 Å². The van der Waals surface area contributed by atoms with Crippen LogP contribution in [-0.2, 0) is 27.2 Å². The van der Waals surface area contributed by atoms with Gasteiger partial charge in [0.05, 0.1) is 5.92 Å². The maximum absolute atomic E-state index is 10.7. The summed E-state index contributed by atoms with van der Waals surface area (Å²) in [6.45, 7) is 6.87. The largest absolute Gasteiger partial charge is 1.00 e. The fourth-order valence-electron chi connectivity index (χ4n) is 2.67. The third-order valence-corrected chi connectivity index (χ3v) is 6.90. The normalized spacial score (nSPS) is 20.7. The Balaban J connectivity index is 0.000000478. The van der Waals surface area contributed by atoms with Gasteiger partial charge >= 0.3 is 28.3 Å². The molecule has 0 aliphatic heterocycles. The van der Waals surface area contributed by atoms with E-state index in [1.807, 2.05) is 0 Å². The van der Waals surface area contributed by atoms with Crippen molar-refractivity contribution in [3.63, 3.8) is 0 Å². The van der Waals surface area contributed by atoms with Crippen molar-refractivity contribution in [3.05, 3.63) is 11.9 Å². The third kappa shape index (κ3) is 7.36. The summed E-state index contributed by atoms with van der Waals surface area (Å²) in [7, 11) is 0.446. The molecule has 2 N–H and O–H groups in total. The van der Waals surface area contributed by atoms with Gasteiger partial charge in [0.2, 0.25) is 0 Å². The van der Waals surface area contributed by atoms with Crippen LogP contribution in [0.25, 0.3) is 0 Å². The van der Waals surface area contributed by atoms with E-state index >= 15 is 0 Å². The average Bonchev–Trinajstić information content (AvgIpc) is 3.04. The molecule has 5 nitrogen and oxygen atoms in total. The van der Waals surface area contributed by atoms with E-state index in [-0.39, 0.29) is 28.3 Å². The molecule has 0 amide bonds. The Morgan fingerprint density at radius 1 is 1.23 bits per heavy atom. The Morgan fingerprint density at radius 2 is 1.77 bits per heavy atom. The summed E-state index contributed by atoms with van der Waals surface area (Å²) in [5.74, 6) is -0.474. The number of rotatable bonds is 5. The zero-order valence-corrected chi connectivity index (χ0v) is 16.7. The van der Waals surface area contributed by atoms with E-state index < -0.39 is 5.97 Å². The fraction of sp³-hybridized carbons (Fsp3) is 0.800. The number of H-pyrrole nitrogens is 1. The molecule has 0 radical (unpaired) electrons. The monoisotopic (exact) mass is 509 g/mol. The topological polar surface area (TPSA) is 78.9 Å².